The molecule has 0 unspecified atom stereocenters. The molecule has 1 heterocycles. The third-order valence-electron chi connectivity index (χ3n) is 2.54. The number of rotatable bonds is 4. The first-order valence-corrected chi connectivity index (χ1v) is 6.39. The van der Waals surface area contributed by atoms with E-state index in [0.717, 1.165) is 15.0 Å². The number of hydrogen-bond acceptors (Lipinski definition) is 1. The van der Waals surface area contributed by atoms with Crippen LogP contribution in [0.3, 0.4) is 0 Å². The van der Waals surface area contributed by atoms with Crippen LogP contribution < -0.4 is 0 Å². The maximum Gasteiger partial charge on any atom is 0.303 e. The number of hydrogen-bond donors (Lipinski definition) is 1. The number of para-hydroxylation sites is 1. The Bertz CT molecular complexity index is 534. The van der Waals surface area contributed by atoms with Gasteiger partial charge >= 0.3 is 5.97 Å². The second-order valence-electron chi connectivity index (χ2n) is 3.71. The molecule has 0 aliphatic heterocycles. The summed E-state index contributed by atoms with van der Waals surface area (Å²) in [7, 11) is 0. The van der Waals surface area contributed by atoms with Gasteiger partial charge < -0.3 is 9.67 Å². The Morgan fingerprint density at radius 2 is 2.00 bits per heavy atom. The summed E-state index contributed by atoms with van der Waals surface area (Å²) in [4.78, 5) is 10.6. The van der Waals surface area contributed by atoms with Crippen LogP contribution in [0.25, 0.3) is 5.69 Å². The van der Waals surface area contributed by atoms with Crippen molar-refractivity contribution in [2.45, 2.75) is 12.8 Å². The van der Waals surface area contributed by atoms with Gasteiger partial charge in [-0.3, -0.25) is 4.79 Å². The van der Waals surface area contributed by atoms with Crippen molar-refractivity contribution in [3.8, 4) is 5.69 Å². The van der Waals surface area contributed by atoms with Crippen molar-refractivity contribution in [1.29, 1.82) is 0 Å². The highest BCUT2D eigenvalue weighted by atomic mass is 127. The lowest BCUT2D eigenvalue weighted by atomic mass is 10.2. The van der Waals surface area contributed by atoms with Gasteiger partial charge in [0.25, 0.3) is 0 Å². The predicted molar refractivity (Wildman–Crippen MR) is 74.4 cm³/mol. The van der Waals surface area contributed by atoms with E-state index < -0.39 is 5.97 Å². The summed E-state index contributed by atoms with van der Waals surface area (Å²) >= 11 is 2.28. The second kappa shape index (κ2) is 5.35. The minimum absolute atomic E-state index is 0.160. The zero-order valence-electron chi connectivity index (χ0n) is 9.14. The third kappa shape index (κ3) is 2.88. The Morgan fingerprint density at radius 1 is 1.24 bits per heavy atom. The number of carboxylic acids is 1. The molecule has 1 N–H and O–H groups in total. The van der Waals surface area contributed by atoms with E-state index >= 15 is 0 Å². The van der Waals surface area contributed by atoms with Crippen molar-refractivity contribution in [1.82, 2.24) is 4.57 Å². The van der Waals surface area contributed by atoms with Crippen molar-refractivity contribution in [2.75, 3.05) is 0 Å². The molecule has 0 saturated heterocycles. The van der Waals surface area contributed by atoms with Crippen molar-refractivity contribution in [2.24, 2.45) is 0 Å². The maximum absolute atomic E-state index is 10.6. The number of nitrogens with zero attached hydrogens (tertiary/aromatic N) is 1. The second-order valence-corrected chi connectivity index (χ2v) is 4.88. The van der Waals surface area contributed by atoms with Crippen LogP contribution >= 0.6 is 22.6 Å². The fourth-order valence-electron chi connectivity index (χ4n) is 1.74. The number of halogens is 1. The molecule has 2 aromatic rings. The van der Waals surface area contributed by atoms with Gasteiger partial charge in [-0.15, -0.1) is 0 Å². The molecule has 4 heteroatoms. The number of benzene rings is 1. The van der Waals surface area contributed by atoms with E-state index in [1.807, 2.05) is 47.2 Å². The number of aryl methyl sites for hydroxylation is 1. The number of aromatic nitrogens is 1. The van der Waals surface area contributed by atoms with Gasteiger partial charge in [0.15, 0.2) is 0 Å². The minimum atomic E-state index is -0.763. The Balaban J connectivity index is 2.31. The summed E-state index contributed by atoms with van der Waals surface area (Å²) in [6, 6.07) is 12.0. The van der Waals surface area contributed by atoms with E-state index in [1.165, 1.54) is 0 Å². The SMILES string of the molecule is O=C(O)CCc1cccn1-c1ccccc1I. The molecule has 2 rings (SSSR count). The first-order chi connectivity index (χ1) is 8.18. The summed E-state index contributed by atoms with van der Waals surface area (Å²) in [6.07, 6.45) is 2.68. The van der Waals surface area contributed by atoms with E-state index in [4.69, 9.17) is 5.11 Å². The van der Waals surface area contributed by atoms with E-state index in [9.17, 15) is 4.79 Å². The molecule has 3 nitrogen and oxygen atoms in total. The van der Waals surface area contributed by atoms with Gasteiger partial charge in [0.05, 0.1) is 12.1 Å². The minimum Gasteiger partial charge on any atom is -0.481 e. The van der Waals surface area contributed by atoms with Gasteiger partial charge in [0.2, 0.25) is 0 Å². The molecule has 0 aliphatic carbocycles. The predicted octanol–water partition coefficient (Wildman–Crippen LogP) is 3.10. The average molecular weight is 341 g/mol. The zero-order chi connectivity index (χ0) is 12.3. The van der Waals surface area contributed by atoms with Gasteiger partial charge in [-0.25, -0.2) is 0 Å². The fourth-order valence-corrected chi connectivity index (χ4v) is 2.38. The number of carboxylic acid groups (broad SMARTS) is 1. The topological polar surface area (TPSA) is 42.2 Å². The fraction of sp³-hybridized carbons (Fsp3) is 0.154. The summed E-state index contributed by atoms with van der Waals surface area (Å²) < 4.78 is 3.20. The highest BCUT2D eigenvalue weighted by Gasteiger charge is 2.07. The average Bonchev–Trinajstić information content (AvgIpc) is 2.75. The highest BCUT2D eigenvalue weighted by Crippen LogP contribution is 2.19. The molecule has 0 amide bonds. The summed E-state index contributed by atoms with van der Waals surface area (Å²) in [5.74, 6) is -0.763. The Hall–Kier alpha value is -1.30. The van der Waals surface area contributed by atoms with Crippen LogP contribution in [0, 0.1) is 3.57 Å². The van der Waals surface area contributed by atoms with Crippen LogP contribution in [-0.2, 0) is 11.2 Å². The summed E-state index contributed by atoms with van der Waals surface area (Å²) in [5, 5.41) is 8.72. The first kappa shape index (κ1) is 12.2. The van der Waals surface area contributed by atoms with E-state index in [1.54, 1.807) is 0 Å². The van der Waals surface area contributed by atoms with Crippen molar-refractivity contribution >= 4 is 28.6 Å². The van der Waals surface area contributed by atoms with Crippen molar-refractivity contribution in [3.63, 3.8) is 0 Å². The third-order valence-corrected chi connectivity index (χ3v) is 3.45. The van der Waals surface area contributed by atoms with Crippen LogP contribution in [0.1, 0.15) is 12.1 Å². The highest BCUT2D eigenvalue weighted by molar-refractivity contribution is 14.1. The lowest BCUT2D eigenvalue weighted by Gasteiger charge is -2.10. The lowest BCUT2D eigenvalue weighted by molar-refractivity contribution is -0.136. The monoisotopic (exact) mass is 341 g/mol. The molecular formula is C13H12INO2. The molecule has 88 valence electrons. The molecule has 0 saturated carbocycles. The van der Waals surface area contributed by atoms with Gasteiger partial charge in [0.1, 0.15) is 0 Å². The van der Waals surface area contributed by atoms with Crippen LogP contribution in [0.5, 0.6) is 0 Å². The van der Waals surface area contributed by atoms with E-state index in [2.05, 4.69) is 22.6 Å². The molecule has 0 atom stereocenters. The van der Waals surface area contributed by atoms with Gasteiger partial charge in [0, 0.05) is 15.5 Å². The van der Waals surface area contributed by atoms with Crippen LogP contribution in [-0.4, -0.2) is 15.6 Å². The van der Waals surface area contributed by atoms with E-state index in [0.29, 0.717) is 6.42 Å². The summed E-state index contributed by atoms with van der Waals surface area (Å²) in [6.45, 7) is 0. The molecular weight excluding hydrogens is 329 g/mol. The van der Waals surface area contributed by atoms with Gasteiger partial charge in [-0.05, 0) is 53.3 Å². The zero-order valence-corrected chi connectivity index (χ0v) is 11.3. The number of carbonyl (C=O) groups is 1. The quantitative estimate of drug-likeness (QED) is 0.869. The van der Waals surface area contributed by atoms with Crippen molar-refractivity contribution < 1.29 is 9.90 Å². The van der Waals surface area contributed by atoms with Crippen LogP contribution in [0.4, 0.5) is 0 Å². The standard InChI is InChI=1S/C13H12INO2/c14-11-5-1-2-6-12(11)15-9-3-4-10(15)7-8-13(16)17/h1-6,9H,7-8H2,(H,16,17). The number of aliphatic carboxylic acids is 1. The molecule has 1 aromatic heterocycles. The molecule has 0 fully saturated rings. The molecule has 0 aliphatic rings. The van der Waals surface area contributed by atoms with E-state index in [-0.39, 0.29) is 6.42 Å². The van der Waals surface area contributed by atoms with Crippen molar-refractivity contribution in [3.05, 3.63) is 51.9 Å². The Labute approximate surface area is 113 Å². The lowest BCUT2D eigenvalue weighted by Crippen LogP contribution is -2.04. The Kier molecular flexibility index (Phi) is 3.83. The van der Waals surface area contributed by atoms with Crippen LogP contribution in [0.15, 0.2) is 42.6 Å². The maximum atomic E-state index is 10.6. The molecule has 1 aromatic carbocycles. The molecule has 0 bridgehead atoms. The summed E-state index contributed by atoms with van der Waals surface area (Å²) in [5.41, 5.74) is 2.12. The van der Waals surface area contributed by atoms with Gasteiger partial charge in [-0.1, -0.05) is 12.1 Å². The first-order valence-electron chi connectivity index (χ1n) is 5.31. The molecule has 0 radical (unpaired) electrons. The largest absolute Gasteiger partial charge is 0.481 e. The van der Waals surface area contributed by atoms with Gasteiger partial charge in [-0.2, -0.15) is 0 Å². The Morgan fingerprint density at radius 3 is 2.71 bits per heavy atom. The normalized spacial score (nSPS) is 10.4. The van der Waals surface area contributed by atoms with Crippen LogP contribution in [0.2, 0.25) is 0 Å². The molecule has 0 spiro atoms. The molecule has 17 heavy (non-hydrogen) atoms. The smallest absolute Gasteiger partial charge is 0.303 e.